The number of urea groups is 1. The fourth-order valence-electron chi connectivity index (χ4n) is 1.83. The summed E-state index contributed by atoms with van der Waals surface area (Å²) in [4.78, 5) is 18.5. The average molecular weight is 306 g/mol. The van der Waals surface area contributed by atoms with Gasteiger partial charge in [0.2, 0.25) is 0 Å². The Morgan fingerprint density at radius 1 is 1.41 bits per heavy atom. The summed E-state index contributed by atoms with van der Waals surface area (Å²) >= 11 is 0. The van der Waals surface area contributed by atoms with Crippen molar-refractivity contribution in [3.05, 3.63) is 30.3 Å². The normalized spacial score (nSPS) is 21.8. The zero-order valence-corrected chi connectivity index (χ0v) is 13.4. The first-order chi connectivity index (χ1) is 10.4. The van der Waals surface area contributed by atoms with E-state index in [-0.39, 0.29) is 6.03 Å². The molecule has 22 heavy (non-hydrogen) atoms. The Labute approximate surface area is 130 Å². The van der Waals surface area contributed by atoms with Gasteiger partial charge in [-0.05, 0) is 26.0 Å². The van der Waals surface area contributed by atoms with Crippen molar-refractivity contribution in [1.29, 1.82) is 0 Å². The van der Waals surface area contributed by atoms with Crippen LogP contribution < -0.4 is 10.5 Å². The van der Waals surface area contributed by atoms with Crippen LogP contribution in [0.2, 0.25) is 0 Å². The van der Waals surface area contributed by atoms with Crippen LogP contribution in [0.15, 0.2) is 35.4 Å². The molecule has 1 unspecified atom stereocenters. The number of carbonyl (C=O) groups is 1. The van der Waals surface area contributed by atoms with Crippen molar-refractivity contribution in [2.24, 2.45) is 5.10 Å². The number of amides is 2. The number of hydrazone groups is 1. The molecule has 0 spiro atoms. The summed E-state index contributed by atoms with van der Waals surface area (Å²) in [6.45, 7) is 4.30. The molecule has 7 heteroatoms. The number of hydrogen-bond acceptors (Lipinski definition) is 5. The highest BCUT2D eigenvalue weighted by Crippen LogP contribution is 2.21. The lowest BCUT2D eigenvalue weighted by Crippen LogP contribution is -2.48. The maximum atomic E-state index is 11.6. The van der Waals surface area contributed by atoms with Gasteiger partial charge in [-0.2, -0.15) is 5.10 Å². The summed E-state index contributed by atoms with van der Waals surface area (Å²) in [5, 5.41) is 6.32. The molecular weight excluding hydrogens is 284 g/mol. The van der Waals surface area contributed by atoms with Gasteiger partial charge in [-0.3, -0.25) is 4.84 Å². The van der Waals surface area contributed by atoms with Gasteiger partial charge in [0, 0.05) is 14.1 Å². The maximum Gasteiger partial charge on any atom is 0.340 e. The molecule has 1 N–H and O–H groups in total. The summed E-state index contributed by atoms with van der Waals surface area (Å²) in [6, 6.07) is 9.41. The van der Waals surface area contributed by atoms with Crippen molar-refractivity contribution in [3.8, 4) is 0 Å². The van der Waals surface area contributed by atoms with Gasteiger partial charge in [-0.1, -0.05) is 18.2 Å². The number of rotatable bonds is 3. The maximum absolute atomic E-state index is 11.6. The molecule has 0 saturated heterocycles. The molecule has 0 saturated carbocycles. The molecule has 1 aliphatic rings. The Balaban J connectivity index is 2.12. The summed E-state index contributed by atoms with van der Waals surface area (Å²) < 4.78 is 5.66. The van der Waals surface area contributed by atoms with Gasteiger partial charge >= 0.3 is 6.03 Å². The Morgan fingerprint density at radius 2 is 2.09 bits per heavy atom. The summed E-state index contributed by atoms with van der Waals surface area (Å²) in [7, 11) is 3.28. The van der Waals surface area contributed by atoms with Gasteiger partial charge < -0.3 is 9.64 Å². The van der Waals surface area contributed by atoms with Crippen molar-refractivity contribution in [2.45, 2.75) is 19.4 Å². The van der Waals surface area contributed by atoms with Crippen molar-refractivity contribution in [3.63, 3.8) is 0 Å². The van der Waals surface area contributed by atoms with Gasteiger partial charge in [0.05, 0.1) is 18.0 Å². The molecule has 2 amide bonds. The molecule has 2 rings (SSSR count). The fraction of sp³-hybridized carbons (Fsp3) is 0.467. The number of ether oxygens (including phenoxy) is 1. The second-order valence-corrected chi connectivity index (χ2v) is 5.53. The molecule has 1 atom stereocenters. The van der Waals surface area contributed by atoms with Crippen LogP contribution in [0.1, 0.15) is 13.8 Å². The van der Waals surface area contributed by atoms with E-state index in [1.807, 2.05) is 44.2 Å². The third-order valence-corrected chi connectivity index (χ3v) is 3.45. The number of para-hydroxylation sites is 1. The number of hydrogen-bond donors (Lipinski definition) is 1. The molecular formula is C15H22N4O3. The van der Waals surface area contributed by atoms with Crippen LogP contribution in [0.25, 0.3) is 0 Å². The molecule has 1 aliphatic heterocycles. The first kappa shape index (κ1) is 16.3. The Morgan fingerprint density at radius 3 is 2.73 bits per heavy atom. The van der Waals surface area contributed by atoms with Crippen molar-refractivity contribution >= 4 is 17.4 Å². The highest BCUT2D eigenvalue weighted by Gasteiger charge is 2.34. The van der Waals surface area contributed by atoms with Crippen LogP contribution in [-0.2, 0) is 9.57 Å². The van der Waals surface area contributed by atoms with Gasteiger partial charge in [0.25, 0.3) is 0 Å². The van der Waals surface area contributed by atoms with E-state index in [1.165, 1.54) is 4.90 Å². The smallest absolute Gasteiger partial charge is 0.340 e. The van der Waals surface area contributed by atoms with Gasteiger partial charge in [-0.25, -0.2) is 15.3 Å². The largest absolute Gasteiger partial charge is 0.356 e. The summed E-state index contributed by atoms with van der Waals surface area (Å²) in [5.74, 6) is 0. The molecule has 1 heterocycles. The third-order valence-electron chi connectivity index (χ3n) is 3.45. The fourth-order valence-corrected chi connectivity index (χ4v) is 1.83. The lowest BCUT2D eigenvalue weighted by Gasteiger charge is -2.27. The molecule has 7 nitrogen and oxygen atoms in total. The third kappa shape index (κ3) is 3.75. The lowest BCUT2D eigenvalue weighted by atomic mass is 10.0. The molecule has 0 fully saturated rings. The molecule has 1 aromatic rings. The van der Waals surface area contributed by atoms with Crippen molar-refractivity contribution in [1.82, 2.24) is 10.4 Å². The second kappa shape index (κ2) is 6.76. The summed E-state index contributed by atoms with van der Waals surface area (Å²) in [5.41, 5.74) is 3.24. The molecule has 0 bridgehead atoms. The number of anilines is 1. The lowest BCUT2D eigenvalue weighted by molar-refractivity contribution is -0.0774. The SMILES string of the molecule is CC1=NN(c2ccccc2)COCC1(C)ONC(=O)N(C)C. The average Bonchev–Trinajstić information content (AvgIpc) is 2.66. The minimum absolute atomic E-state index is 0.291. The highest BCUT2D eigenvalue weighted by molar-refractivity contribution is 5.91. The van der Waals surface area contributed by atoms with E-state index in [4.69, 9.17) is 9.57 Å². The van der Waals surface area contributed by atoms with E-state index in [2.05, 4.69) is 10.6 Å². The second-order valence-electron chi connectivity index (χ2n) is 5.53. The number of benzene rings is 1. The monoisotopic (exact) mass is 306 g/mol. The number of nitrogens with one attached hydrogen (secondary N) is 1. The molecule has 0 aliphatic carbocycles. The van der Waals surface area contributed by atoms with E-state index in [1.54, 1.807) is 19.1 Å². The first-order valence-corrected chi connectivity index (χ1v) is 7.04. The number of nitrogens with zero attached hydrogens (tertiary/aromatic N) is 3. The zero-order valence-electron chi connectivity index (χ0n) is 13.4. The Hall–Kier alpha value is -2.12. The van der Waals surface area contributed by atoms with Crippen LogP contribution in [0.5, 0.6) is 0 Å². The Kier molecular flexibility index (Phi) is 4.99. The van der Waals surface area contributed by atoms with Gasteiger partial charge in [0.1, 0.15) is 6.73 Å². The van der Waals surface area contributed by atoms with Gasteiger partial charge in [0.15, 0.2) is 5.60 Å². The number of hydroxylamine groups is 1. The van der Waals surface area contributed by atoms with E-state index < -0.39 is 5.60 Å². The first-order valence-electron chi connectivity index (χ1n) is 7.04. The zero-order chi connectivity index (χ0) is 16.2. The van der Waals surface area contributed by atoms with Gasteiger partial charge in [-0.15, -0.1) is 0 Å². The van der Waals surface area contributed by atoms with Crippen molar-refractivity contribution in [2.75, 3.05) is 32.4 Å². The quantitative estimate of drug-likeness (QED) is 0.865. The topological polar surface area (TPSA) is 66.4 Å². The van der Waals surface area contributed by atoms with Crippen LogP contribution in [0, 0.1) is 0 Å². The predicted octanol–water partition coefficient (Wildman–Crippen LogP) is 1.82. The van der Waals surface area contributed by atoms with E-state index in [0.717, 1.165) is 5.69 Å². The standard InChI is InChI=1S/C15H22N4O3/c1-12-15(2,22-17-14(20)18(3)4)10-21-11-19(16-12)13-8-6-5-7-9-13/h5-9H,10-11H2,1-4H3,(H,17,20). The van der Waals surface area contributed by atoms with E-state index >= 15 is 0 Å². The van der Waals surface area contributed by atoms with E-state index in [0.29, 0.717) is 19.0 Å². The molecule has 0 aromatic heterocycles. The van der Waals surface area contributed by atoms with Crippen LogP contribution in [0.4, 0.5) is 10.5 Å². The molecule has 1 aromatic carbocycles. The van der Waals surface area contributed by atoms with E-state index in [9.17, 15) is 4.79 Å². The minimum Gasteiger partial charge on any atom is -0.356 e. The predicted molar refractivity (Wildman–Crippen MR) is 84.6 cm³/mol. The van der Waals surface area contributed by atoms with Crippen LogP contribution in [-0.4, -0.2) is 49.7 Å². The Bertz CT molecular complexity index is 547. The van der Waals surface area contributed by atoms with Crippen molar-refractivity contribution < 1.29 is 14.4 Å². The van der Waals surface area contributed by atoms with Crippen LogP contribution >= 0.6 is 0 Å². The molecule has 120 valence electrons. The summed E-state index contributed by atoms with van der Waals surface area (Å²) in [6.07, 6.45) is 0. The minimum atomic E-state index is -0.824. The number of carbonyl (C=O) groups excluding carboxylic acids is 1. The highest BCUT2D eigenvalue weighted by atomic mass is 16.7. The van der Waals surface area contributed by atoms with Crippen LogP contribution in [0.3, 0.4) is 0 Å². The molecule has 0 radical (unpaired) electrons.